The Kier molecular flexibility index (Phi) is 5.23. The van der Waals surface area contributed by atoms with Crippen LogP contribution >= 0.6 is 0 Å². The van der Waals surface area contributed by atoms with Gasteiger partial charge in [0.25, 0.3) is 5.91 Å². The smallest absolute Gasteiger partial charge is 0.332 e. The van der Waals surface area contributed by atoms with E-state index in [1.165, 1.54) is 12.1 Å². The molecule has 2 aromatic rings. The minimum absolute atomic E-state index is 0.0452. The number of nitrogens with zero attached hydrogens (tertiary/aromatic N) is 1. The van der Waals surface area contributed by atoms with E-state index < -0.39 is 17.7 Å². The van der Waals surface area contributed by atoms with Crippen molar-refractivity contribution in [1.82, 2.24) is 0 Å². The van der Waals surface area contributed by atoms with Gasteiger partial charge in [0.15, 0.2) is 0 Å². The molecule has 140 valence electrons. The van der Waals surface area contributed by atoms with Gasteiger partial charge in [0.1, 0.15) is 11.6 Å². The zero-order valence-corrected chi connectivity index (χ0v) is 14.7. The van der Waals surface area contributed by atoms with E-state index in [2.05, 4.69) is 0 Å². The fourth-order valence-corrected chi connectivity index (χ4v) is 3.16. The summed E-state index contributed by atoms with van der Waals surface area (Å²) in [5.74, 6) is 3.94. The monoisotopic (exact) mass is 370 g/mol. The molecule has 27 heavy (non-hydrogen) atoms. The van der Waals surface area contributed by atoms with Crippen LogP contribution in [0.15, 0.2) is 53.6 Å². The van der Waals surface area contributed by atoms with E-state index in [1.54, 1.807) is 31.4 Å². The van der Waals surface area contributed by atoms with Crippen LogP contribution in [0.1, 0.15) is 19.3 Å². The standard InChI is InChI=1S/C20H19FN2O4/c1-27-14-5-2-4-12(10-14)13-8-9-18(17(21)11-13)23(22)19(24)15-6-3-7-16(15)20(25)26/h2,4-5,8-11H,3,6-7,22H2,1H3,(H,25,26). The van der Waals surface area contributed by atoms with Crippen molar-refractivity contribution in [2.24, 2.45) is 5.84 Å². The van der Waals surface area contributed by atoms with E-state index in [0.717, 1.165) is 5.56 Å². The third-order valence-corrected chi connectivity index (χ3v) is 4.56. The molecule has 7 heteroatoms. The second-order valence-corrected chi connectivity index (χ2v) is 6.19. The van der Waals surface area contributed by atoms with E-state index in [9.17, 15) is 19.1 Å². The number of hydrogen-bond acceptors (Lipinski definition) is 4. The van der Waals surface area contributed by atoms with Crippen LogP contribution in [0.4, 0.5) is 10.1 Å². The molecule has 3 rings (SSSR count). The summed E-state index contributed by atoms with van der Waals surface area (Å²) in [6, 6.07) is 11.5. The van der Waals surface area contributed by atoms with Gasteiger partial charge in [-0.15, -0.1) is 0 Å². The van der Waals surface area contributed by atoms with Crippen molar-refractivity contribution in [2.75, 3.05) is 12.1 Å². The number of rotatable bonds is 5. The van der Waals surface area contributed by atoms with Gasteiger partial charge >= 0.3 is 5.97 Å². The molecule has 0 bridgehead atoms. The number of carboxylic acid groups (broad SMARTS) is 1. The largest absolute Gasteiger partial charge is 0.497 e. The lowest BCUT2D eigenvalue weighted by Gasteiger charge is -2.19. The lowest BCUT2D eigenvalue weighted by Crippen LogP contribution is -2.39. The van der Waals surface area contributed by atoms with Gasteiger partial charge in [0, 0.05) is 11.1 Å². The third kappa shape index (κ3) is 3.68. The molecule has 0 radical (unpaired) electrons. The second kappa shape index (κ2) is 7.59. The number of halogens is 1. The van der Waals surface area contributed by atoms with Crippen LogP contribution in [0.25, 0.3) is 11.1 Å². The van der Waals surface area contributed by atoms with Crippen LogP contribution in [0.3, 0.4) is 0 Å². The van der Waals surface area contributed by atoms with Crippen LogP contribution in [0, 0.1) is 5.82 Å². The van der Waals surface area contributed by atoms with Crippen molar-refractivity contribution in [3.63, 3.8) is 0 Å². The van der Waals surface area contributed by atoms with E-state index in [1.807, 2.05) is 6.07 Å². The highest BCUT2D eigenvalue weighted by atomic mass is 19.1. The van der Waals surface area contributed by atoms with Gasteiger partial charge in [-0.3, -0.25) is 4.79 Å². The van der Waals surface area contributed by atoms with Gasteiger partial charge in [-0.25, -0.2) is 20.0 Å². The Morgan fingerprint density at radius 3 is 2.48 bits per heavy atom. The van der Waals surface area contributed by atoms with Gasteiger partial charge in [0.05, 0.1) is 12.8 Å². The number of hydrazine groups is 1. The number of carbonyl (C=O) groups excluding carboxylic acids is 1. The average Bonchev–Trinajstić information content (AvgIpc) is 3.17. The molecule has 1 aliphatic rings. The molecule has 1 amide bonds. The van der Waals surface area contributed by atoms with E-state index >= 15 is 0 Å². The van der Waals surface area contributed by atoms with Crippen molar-refractivity contribution < 1.29 is 23.8 Å². The molecular formula is C20H19FN2O4. The van der Waals surface area contributed by atoms with Gasteiger partial charge in [-0.05, 0) is 54.7 Å². The Balaban J connectivity index is 1.90. The maximum absolute atomic E-state index is 14.6. The molecule has 1 aliphatic carbocycles. The number of amides is 1. The third-order valence-electron chi connectivity index (χ3n) is 4.56. The van der Waals surface area contributed by atoms with E-state index in [0.29, 0.717) is 35.6 Å². The Bertz CT molecular complexity index is 939. The number of hydrogen-bond donors (Lipinski definition) is 2. The SMILES string of the molecule is COc1cccc(-c2ccc(N(N)C(=O)C3=C(C(=O)O)CCC3)c(F)c2)c1. The first-order valence-electron chi connectivity index (χ1n) is 8.41. The lowest BCUT2D eigenvalue weighted by atomic mass is 10.0. The summed E-state index contributed by atoms with van der Waals surface area (Å²) in [5.41, 5.74) is 1.41. The molecule has 2 aromatic carbocycles. The number of carboxylic acids is 1. The predicted molar refractivity (Wildman–Crippen MR) is 98.6 cm³/mol. The van der Waals surface area contributed by atoms with E-state index in [4.69, 9.17) is 10.6 Å². The van der Waals surface area contributed by atoms with Gasteiger partial charge in [-0.2, -0.15) is 0 Å². The van der Waals surface area contributed by atoms with Crippen molar-refractivity contribution in [2.45, 2.75) is 19.3 Å². The Morgan fingerprint density at radius 1 is 1.11 bits per heavy atom. The van der Waals surface area contributed by atoms with Crippen LogP contribution in [-0.2, 0) is 9.59 Å². The molecule has 0 unspecified atom stereocenters. The molecule has 3 N–H and O–H groups in total. The van der Waals surface area contributed by atoms with Gasteiger partial charge in [-0.1, -0.05) is 18.2 Å². The Labute approximate surface area is 155 Å². The number of aliphatic carboxylic acids is 1. The number of methoxy groups -OCH3 is 1. The number of ether oxygens (including phenoxy) is 1. The molecule has 0 aromatic heterocycles. The quantitative estimate of drug-likeness (QED) is 0.479. The first-order valence-corrected chi connectivity index (χ1v) is 8.41. The molecule has 6 nitrogen and oxygen atoms in total. The maximum atomic E-state index is 14.6. The molecule has 0 aliphatic heterocycles. The zero-order valence-electron chi connectivity index (χ0n) is 14.7. The van der Waals surface area contributed by atoms with Gasteiger partial charge in [0.2, 0.25) is 0 Å². The average molecular weight is 370 g/mol. The number of benzene rings is 2. The predicted octanol–water partition coefficient (Wildman–Crippen LogP) is 3.27. The molecule has 0 fully saturated rings. The molecular weight excluding hydrogens is 351 g/mol. The number of carbonyl (C=O) groups is 2. The first kappa shape index (κ1) is 18.6. The fraction of sp³-hybridized carbons (Fsp3) is 0.200. The highest BCUT2D eigenvalue weighted by Crippen LogP contribution is 2.31. The molecule has 0 saturated carbocycles. The second-order valence-electron chi connectivity index (χ2n) is 6.19. The highest BCUT2D eigenvalue weighted by molar-refractivity contribution is 6.10. The summed E-state index contributed by atoms with van der Waals surface area (Å²) >= 11 is 0. The minimum atomic E-state index is -1.14. The van der Waals surface area contributed by atoms with Crippen LogP contribution in [0.2, 0.25) is 0 Å². The summed E-state index contributed by atoms with van der Waals surface area (Å²) in [6.45, 7) is 0. The van der Waals surface area contributed by atoms with E-state index in [-0.39, 0.29) is 16.8 Å². The van der Waals surface area contributed by atoms with Crippen molar-refractivity contribution in [1.29, 1.82) is 0 Å². The van der Waals surface area contributed by atoms with Crippen molar-refractivity contribution in [3.05, 3.63) is 59.4 Å². The van der Waals surface area contributed by atoms with Crippen LogP contribution in [0.5, 0.6) is 5.75 Å². The Morgan fingerprint density at radius 2 is 1.81 bits per heavy atom. The molecule has 0 saturated heterocycles. The molecule has 0 atom stereocenters. The zero-order chi connectivity index (χ0) is 19.6. The fourth-order valence-electron chi connectivity index (χ4n) is 3.16. The van der Waals surface area contributed by atoms with Crippen molar-refractivity contribution >= 4 is 17.6 Å². The summed E-state index contributed by atoms with van der Waals surface area (Å²) in [7, 11) is 1.55. The lowest BCUT2D eigenvalue weighted by molar-refractivity contribution is -0.133. The summed E-state index contributed by atoms with van der Waals surface area (Å²) < 4.78 is 19.8. The first-order chi connectivity index (χ1) is 12.9. The van der Waals surface area contributed by atoms with Gasteiger partial charge < -0.3 is 9.84 Å². The highest BCUT2D eigenvalue weighted by Gasteiger charge is 2.29. The topological polar surface area (TPSA) is 92.9 Å². The van der Waals surface area contributed by atoms with Crippen molar-refractivity contribution in [3.8, 4) is 16.9 Å². The van der Waals surface area contributed by atoms with Crippen LogP contribution in [-0.4, -0.2) is 24.1 Å². The molecule has 0 heterocycles. The summed E-state index contributed by atoms with van der Waals surface area (Å²) in [6.07, 6.45) is 1.19. The number of nitrogens with two attached hydrogens (primary N) is 1. The Hall–Kier alpha value is -3.19. The van der Waals surface area contributed by atoms with Crippen LogP contribution < -0.4 is 15.6 Å². The normalized spacial score (nSPS) is 13.6. The maximum Gasteiger partial charge on any atom is 0.332 e. The number of anilines is 1. The molecule has 0 spiro atoms. The summed E-state index contributed by atoms with van der Waals surface area (Å²) in [4.78, 5) is 23.8. The summed E-state index contributed by atoms with van der Waals surface area (Å²) in [5, 5.41) is 9.87. The minimum Gasteiger partial charge on any atom is -0.497 e.